The van der Waals surface area contributed by atoms with Crippen LogP contribution in [0, 0.1) is 11.7 Å². The minimum absolute atomic E-state index is 0.254. The van der Waals surface area contributed by atoms with Crippen LogP contribution < -0.4 is 15.8 Å². The van der Waals surface area contributed by atoms with Gasteiger partial charge < -0.3 is 20.5 Å². The molecule has 4 nitrogen and oxygen atoms in total. The summed E-state index contributed by atoms with van der Waals surface area (Å²) in [5.74, 6) is 0.519. The summed E-state index contributed by atoms with van der Waals surface area (Å²) in [6.45, 7) is 3.26. The van der Waals surface area contributed by atoms with Crippen LogP contribution in [0.4, 0.5) is 15.8 Å². The van der Waals surface area contributed by atoms with Crippen LogP contribution in [0.1, 0.15) is 32.6 Å². The van der Waals surface area contributed by atoms with Crippen molar-refractivity contribution in [3.05, 3.63) is 17.9 Å². The van der Waals surface area contributed by atoms with Crippen LogP contribution >= 0.6 is 0 Å². The van der Waals surface area contributed by atoms with Crippen LogP contribution in [0.15, 0.2) is 12.1 Å². The molecule has 1 aromatic carbocycles. The fourth-order valence-electron chi connectivity index (χ4n) is 2.87. The van der Waals surface area contributed by atoms with Gasteiger partial charge in [0.05, 0.1) is 30.1 Å². The Balaban J connectivity index is 1.74. The zero-order valence-corrected chi connectivity index (χ0v) is 12.4. The molecule has 5 heteroatoms. The monoisotopic (exact) mass is 294 g/mol. The second-order valence-corrected chi connectivity index (χ2v) is 5.93. The van der Waals surface area contributed by atoms with Gasteiger partial charge in [0.2, 0.25) is 0 Å². The summed E-state index contributed by atoms with van der Waals surface area (Å²) in [6.07, 6.45) is 4.55. The van der Waals surface area contributed by atoms with E-state index in [-0.39, 0.29) is 17.9 Å². The number of ether oxygens (including phenoxy) is 2. The lowest BCUT2D eigenvalue weighted by atomic mass is 10.1. The fourth-order valence-corrected chi connectivity index (χ4v) is 2.87. The number of anilines is 2. The summed E-state index contributed by atoms with van der Waals surface area (Å²) in [5, 5.41) is 3.43. The van der Waals surface area contributed by atoms with E-state index < -0.39 is 5.82 Å². The molecule has 0 radical (unpaired) electrons. The molecule has 21 heavy (non-hydrogen) atoms. The molecular weight excluding hydrogens is 271 g/mol. The lowest BCUT2D eigenvalue weighted by Crippen LogP contribution is -2.31. The van der Waals surface area contributed by atoms with Crippen molar-refractivity contribution in [2.24, 2.45) is 5.92 Å². The standard InChI is InChI=1S/C16H23FN2O2/c1-2-6-20-15-9-14(12(18)8-11(15)17)19-13-5-7-21-16(13)10-3-4-10/h8-10,13,16,19H,2-7,18H2,1H3. The Morgan fingerprint density at radius 2 is 2.19 bits per heavy atom. The Hall–Kier alpha value is -1.49. The SMILES string of the molecule is CCCOc1cc(NC2CCOC2C2CC2)c(N)cc1F. The van der Waals surface area contributed by atoms with Gasteiger partial charge in [0, 0.05) is 18.7 Å². The average Bonchev–Trinajstić information content (AvgIpc) is 3.20. The van der Waals surface area contributed by atoms with Gasteiger partial charge in [-0.2, -0.15) is 0 Å². The molecule has 0 spiro atoms. The maximum absolute atomic E-state index is 13.8. The topological polar surface area (TPSA) is 56.5 Å². The highest BCUT2D eigenvalue weighted by Crippen LogP contribution is 2.40. The number of nitrogens with two attached hydrogens (primary N) is 1. The van der Waals surface area contributed by atoms with Crippen molar-refractivity contribution >= 4 is 11.4 Å². The number of nitrogen functional groups attached to an aromatic ring is 1. The third kappa shape index (κ3) is 3.23. The van der Waals surface area contributed by atoms with Crippen molar-refractivity contribution < 1.29 is 13.9 Å². The van der Waals surface area contributed by atoms with Gasteiger partial charge in [-0.05, 0) is 31.6 Å². The lowest BCUT2D eigenvalue weighted by molar-refractivity contribution is 0.0898. The zero-order valence-electron chi connectivity index (χ0n) is 12.4. The van der Waals surface area contributed by atoms with E-state index >= 15 is 0 Å². The van der Waals surface area contributed by atoms with Crippen molar-refractivity contribution in [1.82, 2.24) is 0 Å². The van der Waals surface area contributed by atoms with E-state index in [9.17, 15) is 4.39 Å². The Labute approximate surface area is 124 Å². The minimum atomic E-state index is -0.409. The summed E-state index contributed by atoms with van der Waals surface area (Å²) in [4.78, 5) is 0. The van der Waals surface area contributed by atoms with Crippen LogP contribution in [0.2, 0.25) is 0 Å². The Kier molecular flexibility index (Phi) is 4.19. The molecule has 0 aromatic heterocycles. The summed E-state index contributed by atoms with van der Waals surface area (Å²) >= 11 is 0. The predicted octanol–water partition coefficient (Wildman–Crippen LogP) is 3.18. The summed E-state index contributed by atoms with van der Waals surface area (Å²) in [6, 6.07) is 3.25. The van der Waals surface area contributed by atoms with Crippen LogP contribution in [-0.4, -0.2) is 25.4 Å². The Morgan fingerprint density at radius 3 is 2.90 bits per heavy atom. The lowest BCUT2D eigenvalue weighted by Gasteiger charge is -2.22. The van der Waals surface area contributed by atoms with Gasteiger partial charge in [0.25, 0.3) is 0 Å². The van der Waals surface area contributed by atoms with Gasteiger partial charge in [0.1, 0.15) is 0 Å². The van der Waals surface area contributed by atoms with Gasteiger partial charge in [-0.3, -0.25) is 0 Å². The van der Waals surface area contributed by atoms with Crippen LogP contribution in [0.5, 0.6) is 5.75 Å². The maximum atomic E-state index is 13.8. The van der Waals surface area contributed by atoms with Crippen molar-refractivity contribution in [1.29, 1.82) is 0 Å². The molecule has 2 aliphatic rings. The molecule has 116 valence electrons. The maximum Gasteiger partial charge on any atom is 0.167 e. The molecule has 2 atom stereocenters. The molecular formula is C16H23FN2O2. The first-order valence-corrected chi connectivity index (χ1v) is 7.79. The van der Waals surface area contributed by atoms with E-state index in [4.69, 9.17) is 15.2 Å². The van der Waals surface area contributed by atoms with Gasteiger partial charge in [-0.1, -0.05) is 6.92 Å². The van der Waals surface area contributed by atoms with Gasteiger partial charge >= 0.3 is 0 Å². The molecule has 1 aliphatic carbocycles. The number of benzene rings is 1. The molecule has 3 rings (SSSR count). The Bertz CT molecular complexity index is 505. The van der Waals surface area contributed by atoms with E-state index in [2.05, 4.69) is 5.32 Å². The number of halogens is 1. The van der Waals surface area contributed by atoms with Crippen LogP contribution in [0.25, 0.3) is 0 Å². The minimum Gasteiger partial charge on any atom is -0.490 e. The van der Waals surface area contributed by atoms with Gasteiger partial charge in [-0.15, -0.1) is 0 Å². The first kappa shape index (κ1) is 14.4. The fraction of sp³-hybridized carbons (Fsp3) is 0.625. The average molecular weight is 294 g/mol. The third-order valence-corrected chi connectivity index (χ3v) is 4.13. The van der Waals surface area contributed by atoms with E-state index in [1.807, 2.05) is 6.92 Å². The second kappa shape index (κ2) is 6.10. The van der Waals surface area contributed by atoms with Gasteiger partial charge in [0.15, 0.2) is 11.6 Å². The number of nitrogens with one attached hydrogen (secondary N) is 1. The molecule has 1 aromatic rings. The number of hydrogen-bond donors (Lipinski definition) is 2. The van der Waals surface area contributed by atoms with Crippen LogP contribution in [0.3, 0.4) is 0 Å². The van der Waals surface area contributed by atoms with Crippen molar-refractivity contribution in [3.8, 4) is 5.75 Å². The van der Waals surface area contributed by atoms with Crippen molar-refractivity contribution in [2.75, 3.05) is 24.3 Å². The summed E-state index contributed by atoms with van der Waals surface area (Å²) in [7, 11) is 0. The molecule has 1 aliphatic heterocycles. The quantitative estimate of drug-likeness (QED) is 0.791. The first-order valence-electron chi connectivity index (χ1n) is 7.79. The molecule has 2 fully saturated rings. The number of hydrogen-bond acceptors (Lipinski definition) is 4. The molecule has 1 saturated carbocycles. The number of rotatable bonds is 6. The second-order valence-electron chi connectivity index (χ2n) is 5.93. The van der Waals surface area contributed by atoms with E-state index in [1.54, 1.807) is 6.07 Å². The predicted molar refractivity (Wildman–Crippen MR) is 81.1 cm³/mol. The zero-order chi connectivity index (χ0) is 14.8. The molecule has 1 saturated heterocycles. The highest BCUT2D eigenvalue weighted by Gasteiger charge is 2.40. The molecule has 0 amide bonds. The Morgan fingerprint density at radius 1 is 1.38 bits per heavy atom. The molecule has 0 bridgehead atoms. The van der Waals surface area contributed by atoms with Crippen molar-refractivity contribution in [3.63, 3.8) is 0 Å². The summed E-state index contributed by atoms with van der Waals surface area (Å²) < 4.78 is 25.1. The van der Waals surface area contributed by atoms with E-state index in [1.165, 1.54) is 18.9 Å². The molecule has 3 N–H and O–H groups in total. The van der Waals surface area contributed by atoms with E-state index in [0.717, 1.165) is 25.1 Å². The third-order valence-electron chi connectivity index (χ3n) is 4.13. The first-order chi connectivity index (χ1) is 10.2. The van der Waals surface area contributed by atoms with Crippen LogP contribution in [-0.2, 0) is 4.74 Å². The smallest absolute Gasteiger partial charge is 0.167 e. The largest absolute Gasteiger partial charge is 0.490 e. The summed E-state index contributed by atoms with van der Waals surface area (Å²) in [5.41, 5.74) is 7.09. The normalized spacial score (nSPS) is 25.0. The molecule has 2 unspecified atom stereocenters. The van der Waals surface area contributed by atoms with E-state index in [0.29, 0.717) is 18.2 Å². The van der Waals surface area contributed by atoms with Gasteiger partial charge in [-0.25, -0.2) is 4.39 Å². The highest BCUT2D eigenvalue weighted by atomic mass is 19.1. The van der Waals surface area contributed by atoms with Crippen molar-refractivity contribution in [2.45, 2.75) is 44.8 Å². The molecule has 1 heterocycles. The highest BCUT2D eigenvalue weighted by molar-refractivity contribution is 5.69.